The van der Waals surface area contributed by atoms with Gasteiger partial charge in [0.1, 0.15) is 4.90 Å². The molecule has 0 aliphatic rings. The zero-order valence-corrected chi connectivity index (χ0v) is 10.3. The Morgan fingerprint density at radius 1 is 1.50 bits per heavy atom. The lowest BCUT2D eigenvalue weighted by Crippen LogP contribution is -2.27. The Bertz CT molecular complexity index is 488. The number of benzene rings is 1. The van der Waals surface area contributed by atoms with Crippen molar-refractivity contribution in [3.05, 3.63) is 22.7 Å². The van der Waals surface area contributed by atoms with Crippen LogP contribution in [0.4, 0.5) is 5.69 Å². The minimum absolute atomic E-state index is 0.0631. The molecule has 0 aliphatic heterocycles. The summed E-state index contributed by atoms with van der Waals surface area (Å²) in [6.07, 6.45) is 0. The van der Waals surface area contributed by atoms with Crippen LogP contribution in [0.15, 0.2) is 17.0 Å². The van der Waals surface area contributed by atoms with Gasteiger partial charge in [-0.1, -0.05) is 11.6 Å². The SMILES string of the molecule is Cc1cc(Cl)c(S(=O)(=O)NCCO)cc1N. The van der Waals surface area contributed by atoms with Gasteiger partial charge in [0.2, 0.25) is 10.0 Å². The van der Waals surface area contributed by atoms with Gasteiger partial charge in [-0.25, -0.2) is 13.1 Å². The number of aryl methyl sites for hydroxylation is 1. The van der Waals surface area contributed by atoms with Gasteiger partial charge in [0, 0.05) is 12.2 Å². The van der Waals surface area contributed by atoms with E-state index in [0.29, 0.717) is 11.3 Å². The summed E-state index contributed by atoms with van der Waals surface area (Å²) in [7, 11) is -3.71. The lowest BCUT2D eigenvalue weighted by atomic mass is 10.2. The van der Waals surface area contributed by atoms with Crippen LogP contribution in [0, 0.1) is 6.92 Å². The van der Waals surface area contributed by atoms with Gasteiger partial charge in [-0.3, -0.25) is 0 Å². The normalized spacial score (nSPS) is 11.7. The number of nitrogens with two attached hydrogens (primary N) is 1. The largest absolute Gasteiger partial charge is 0.398 e. The van der Waals surface area contributed by atoms with Crippen molar-refractivity contribution in [3.8, 4) is 0 Å². The van der Waals surface area contributed by atoms with Crippen LogP contribution < -0.4 is 10.5 Å². The molecule has 7 heteroatoms. The molecule has 0 spiro atoms. The molecule has 90 valence electrons. The number of nitrogen functional groups attached to an aromatic ring is 1. The average molecular weight is 265 g/mol. The van der Waals surface area contributed by atoms with Gasteiger partial charge in [-0.2, -0.15) is 0 Å². The molecule has 0 fully saturated rings. The van der Waals surface area contributed by atoms with E-state index in [9.17, 15) is 8.42 Å². The summed E-state index contributed by atoms with van der Waals surface area (Å²) in [6.45, 7) is 1.39. The van der Waals surface area contributed by atoms with Crippen molar-refractivity contribution in [2.45, 2.75) is 11.8 Å². The zero-order valence-electron chi connectivity index (χ0n) is 8.70. The predicted molar refractivity (Wildman–Crippen MR) is 62.9 cm³/mol. The molecule has 4 N–H and O–H groups in total. The molecule has 1 aromatic carbocycles. The fraction of sp³-hybridized carbons (Fsp3) is 0.333. The van der Waals surface area contributed by atoms with Crippen LogP contribution in [0.5, 0.6) is 0 Å². The van der Waals surface area contributed by atoms with Crippen LogP contribution in [-0.4, -0.2) is 26.7 Å². The number of nitrogens with one attached hydrogen (secondary N) is 1. The van der Waals surface area contributed by atoms with Crippen LogP contribution in [0.25, 0.3) is 0 Å². The fourth-order valence-corrected chi connectivity index (χ4v) is 2.77. The monoisotopic (exact) mass is 264 g/mol. The van der Waals surface area contributed by atoms with Gasteiger partial charge >= 0.3 is 0 Å². The van der Waals surface area contributed by atoms with E-state index < -0.39 is 10.0 Å². The second kappa shape index (κ2) is 5.01. The molecular weight excluding hydrogens is 252 g/mol. The predicted octanol–water partition coefficient (Wildman–Crippen LogP) is 0.501. The number of aliphatic hydroxyl groups excluding tert-OH is 1. The molecule has 0 aromatic heterocycles. The third kappa shape index (κ3) is 2.85. The third-order valence-corrected chi connectivity index (χ3v) is 3.94. The van der Waals surface area contributed by atoms with Crippen LogP contribution >= 0.6 is 11.6 Å². The van der Waals surface area contributed by atoms with Crippen molar-refractivity contribution in [3.63, 3.8) is 0 Å². The first-order valence-electron chi connectivity index (χ1n) is 4.54. The molecular formula is C9H13ClN2O3S. The summed E-state index contributed by atoms with van der Waals surface area (Å²) in [5.74, 6) is 0. The average Bonchev–Trinajstić information content (AvgIpc) is 2.20. The number of aliphatic hydroxyl groups is 1. The van der Waals surface area contributed by atoms with Crippen molar-refractivity contribution in [1.29, 1.82) is 0 Å². The Kier molecular flexibility index (Phi) is 4.15. The van der Waals surface area contributed by atoms with Crippen molar-refractivity contribution >= 4 is 27.3 Å². The molecule has 0 aliphatic carbocycles. The molecule has 16 heavy (non-hydrogen) atoms. The number of halogens is 1. The van der Waals surface area contributed by atoms with Crippen LogP contribution in [-0.2, 0) is 10.0 Å². The topological polar surface area (TPSA) is 92.4 Å². The summed E-state index contributed by atoms with van der Waals surface area (Å²) < 4.78 is 25.6. The van der Waals surface area contributed by atoms with Gasteiger partial charge in [0.25, 0.3) is 0 Å². The zero-order chi connectivity index (χ0) is 12.3. The molecule has 0 saturated carbocycles. The molecule has 0 heterocycles. The molecule has 1 aromatic rings. The van der Waals surface area contributed by atoms with E-state index in [-0.39, 0.29) is 23.1 Å². The maximum Gasteiger partial charge on any atom is 0.242 e. The number of hydrogen-bond acceptors (Lipinski definition) is 4. The van der Waals surface area contributed by atoms with Crippen molar-refractivity contribution in [2.75, 3.05) is 18.9 Å². The summed E-state index contributed by atoms with van der Waals surface area (Å²) in [4.78, 5) is -0.0780. The van der Waals surface area contributed by atoms with Crippen LogP contribution in [0.2, 0.25) is 5.02 Å². The van der Waals surface area contributed by atoms with E-state index in [2.05, 4.69) is 4.72 Å². The summed E-state index contributed by atoms with van der Waals surface area (Å²) in [5.41, 5.74) is 6.68. The number of anilines is 1. The lowest BCUT2D eigenvalue weighted by Gasteiger charge is -2.09. The molecule has 1 rings (SSSR count). The number of sulfonamides is 1. The first kappa shape index (κ1) is 13.2. The van der Waals surface area contributed by atoms with E-state index in [0.717, 1.165) is 0 Å². The van der Waals surface area contributed by atoms with E-state index in [1.807, 2.05) is 0 Å². The Morgan fingerprint density at radius 2 is 2.12 bits per heavy atom. The molecule has 0 amide bonds. The Morgan fingerprint density at radius 3 is 2.69 bits per heavy atom. The minimum Gasteiger partial charge on any atom is -0.398 e. The molecule has 0 radical (unpaired) electrons. The molecule has 0 unspecified atom stereocenters. The molecule has 0 saturated heterocycles. The molecule has 5 nitrogen and oxygen atoms in total. The van der Waals surface area contributed by atoms with E-state index >= 15 is 0 Å². The second-order valence-electron chi connectivity index (χ2n) is 3.26. The highest BCUT2D eigenvalue weighted by Crippen LogP contribution is 2.26. The molecule has 0 bridgehead atoms. The third-order valence-electron chi connectivity index (χ3n) is 2.01. The Hall–Kier alpha value is -0.820. The Labute approximate surface area is 99.3 Å². The standard InChI is InChI=1S/C9H13ClN2O3S/c1-6-4-7(10)9(5-8(6)11)16(14,15)12-2-3-13/h4-5,12-13H,2-3,11H2,1H3. The smallest absolute Gasteiger partial charge is 0.242 e. The van der Waals surface area contributed by atoms with Crippen LogP contribution in [0.3, 0.4) is 0 Å². The van der Waals surface area contributed by atoms with E-state index in [1.165, 1.54) is 12.1 Å². The fourth-order valence-electron chi connectivity index (χ4n) is 1.13. The van der Waals surface area contributed by atoms with Crippen LogP contribution in [0.1, 0.15) is 5.56 Å². The first-order chi connectivity index (χ1) is 7.38. The van der Waals surface area contributed by atoms with Gasteiger partial charge in [0.05, 0.1) is 11.6 Å². The van der Waals surface area contributed by atoms with Gasteiger partial charge < -0.3 is 10.8 Å². The summed E-state index contributed by atoms with van der Waals surface area (Å²) >= 11 is 5.83. The van der Waals surface area contributed by atoms with E-state index in [1.54, 1.807) is 6.92 Å². The minimum atomic E-state index is -3.71. The Balaban J connectivity index is 3.18. The summed E-state index contributed by atoms with van der Waals surface area (Å²) in [6, 6.07) is 2.79. The second-order valence-corrected chi connectivity index (χ2v) is 5.40. The highest BCUT2D eigenvalue weighted by atomic mass is 35.5. The lowest BCUT2D eigenvalue weighted by molar-refractivity contribution is 0.301. The highest BCUT2D eigenvalue weighted by Gasteiger charge is 2.18. The van der Waals surface area contributed by atoms with Crippen molar-refractivity contribution in [2.24, 2.45) is 0 Å². The number of hydrogen-bond donors (Lipinski definition) is 3. The van der Waals surface area contributed by atoms with Crippen molar-refractivity contribution in [1.82, 2.24) is 4.72 Å². The van der Waals surface area contributed by atoms with Gasteiger partial charge in [0.15, 0.2) is 0 Å². The van der Waals surface area contributed by atoms with Crippen molar-refractivity contribution < 1.29 is 13.5 Å². The van der Waals surface area contributed by atoms with Gasteiger partial charge in [-0.05, 0) is 24.6 Å². The molecule has 0 atom stereocenters. The highest BCUT2D eigenvalue weighted by molar-refractivity contribution is 7.89. The van der Waals surface area contributed by atoms with E-state index in [4.69, 9.17) is 22.4 Å². The maximum atomic E-state index is 11.7. The number of rotatable bonds is 4. The van der Waals surface area contributed by atoms with Gasteiger partial charge in [-0.15, -0.1) is 0 Å². The quantitative estimate of drug-likeness (QED) is 0.691. The maximum absolute atomic E-state index is 11.7. The first-order valence-corrected chi connectivity index (χ1v) is 6.40. The summed E-state index contributed by atoms with van der Waals surface area (Å²) in [5, 5.41) is 8.67.